The standard InChI is InChI=1S/C23H21N3O4/c24-13-20-19-12-17(30-16-4-2-1-3-5-16)6-7-18(19)22(27)21(26-20)23(28)25-14-15-8-10-29-11-9-15/h1-7,12,15,27H,8-11,14H2,(H,25,28). The zero-order valence-electron chi connectivity index (χ0n) is 16.3. The lowest BCUT2D eigenvalue weighted by Gasteiger charge is -2.22. The molecule has 1 aromatic heterocycles. The molecule has 0 unspecified atom stereocenters. The summed E-state index contributed by atoms with van der Waals surface area (Å²) in [7, 11) is 0. The van der Waals surface area contributed by atoms with Crippen LogP contribution < -0.4 is 10.1 Å². The highest BCUT2D eigenvalue weighted by molar-refractivity contribution is 6.03. The Morgan fingerprint density at radius 1 is 1.17 bits per heavy atom. The molecule has 2 aromatic carbocycles. The van der Waals surface area contributed by atoms with Crippen molar-refractivity contribution in [2.45, 2.75) is 12.8 Å². The van der Waals surface area contributed by atoms with Crippen molar-refractivity contribution in [2.75, 3.05) is 19.8 Å². The van der Waals surface area contributed by atoms with Gasteiger partial charge in [0.2, 0.25) is 0 Å². The lowest BCUT2D eigenvalue weighted by Crippen LogP contribution is -2.32. The number of nitrogens with one attached hydrogen (secondary N) is 1. The Labute approximate surface area is 173 Å². The van der Waals surface area contributed by atoms with Crippen LogP contribution in [0.25, 0.3) is 10.8 Å². The average Bonchev–Trinajstić information content (AvgIpc) is 2.79. The summed E-state index contributed by atoms with van der Waals surface area (Å²) in [4.78, 5) is 16.8. The lowest BCUT2D eigenvalue weighted by atomic mass is 10.0. The Hall–Kier alpha value is -3.63. The van der Waals surface area contributed by atoms with Gasteiger partial charge in [-0.1, -0.05) is 18.2 Å². The maximum atomic E-state index is 12.6. The summed E-state index contributed by atoms with van der Waals surface area (Å²) < 4.78 is 11.1. The molecule has 152 valence electrons. The molecule has 1 fully saturated rings. The topological polar surface area (TPSA) is 104 Å². The van der Waals surface area contributed by atoms with Crippen LogP contribution in [-0.4, -0.2) is 35.8 Å². The fourth-order valence-corrected chi connectivity index (χ4v) is 3.48. The number of benzene rings is 2. The quantitative estimate of drug-likeness (QED) is 0.672. The van der Waals surface area contributed by atoms with Crippen molar-refractivity contribution in [3.63, 3.8) is 0 Å². The van der Waals surface area contributed by atoms with E-state index in [1.807, 2.05) is 36.4 Å². The summed E-state index contributed by atoms with van der Waals surface area (Å²) >= 11 is 0. The number of fused-ring (bicyclic) bond motifs is 1. The van der Waals surface area contributed by atoms with Crippen molar-refractivity contribution in [1.29, 1.82) is 5.26 Å². The molecule has 7 heteroatoms. The van der Waals surface area contributed by atoms with Crippen molar-refractivity contribution in [2.24, 2.45) is 5.92 Å². The summed E-state index contributed by atoms with van der Waals surface area (Å²) in [5, 5.41) is 23.8. The van der Waals surface area contributed by atoms with Crippen LogP contribution in [0.5, 0.6) is 17.2 Å². The van der Waals surface area contributed by atoms with Gasteiger partial charge in [0.1, 0.15) is 23.3 Å². The third-order valence-corrected chi connectivity index (χ3v) is 5.14. The number of pyridine rings is 1. The van der Waals surface area contributed by atoms with Gasteiger partial charge in [0.05, 0.1) is 0 Å². The number of rotatable bonds is 5. The second-order valence-electron chi connectivity index (χ2n) is 7.16. The van der Waals surface area contributed by atoms with Crippen molar-refractivity contribution >= 4 is 16.7 Å². The molecule has 1 amide bonds. The van der Waals surface area contributed by atoms with Gasteiger partial charge in [0, 0.05) is 30.5 Å². The van der Waals surface area contributed by atoms with Crippen LogP contribution in [0.15, 0.2) is 48.5 Å². The SMILES string of the molecule is N#Cc1nc(C(=O)NCC2CCOCC2)c(O)c2ccc(Oc3ccccc3)cc12. The van der Waals surface area contributed by atoms with Crippen molar-refractivity contribution < 1.29 is 19.4 Å². The van der Waals surface area contributed by atoms with Gasteiger partial charge in [-0.15, -0.1) is 0 Å². The summed E-state index contributed by atoms with van der Waals surface area (Å²) in [5.74, 6) is 0.736. The van der Waals surface area contributed by atoms with E-state index in [1.54, 1.807) is 18.2 Å². The minimum Gasteiger partial charge on any atom is -0.505 e. The highest BCUT2D eigenvalue weighted by Gasteiger charge is 2.21. The van der Waals surface area contributed by atoms with E-state index in [-0.39, 0.29) is 17.1 Å². The van der Waals surface area contributed by atoms with Gasteiger partial charge in [-0.25, -0.2) is 4.98 Å². The van der Waals surface area contributed by atoms with Gasteiger partial charge in [-0.05, 0) is 49.1 Å². The third kappa shape index (κ3) is 4.19. The second kappa shape index (κ2) is 8.80. The molecule has 3 aromatic rings. The lowest BCUT2D eigenvalue weighted by molar-refractivity contribution is 0.0641. The summed E-state index contributed by atoms with van der Waals surface area (Å²) in [6, 6.07) is 16.2. The summed E-state index contributed by atoms with van der Waals surface area (Å²) in [6.07, 6.45) is 1.76. The van der Waals surface area contributed by atoms with Crippen LogP contribution in [0.3, 0.4) is 0 Å². The second-order valence-corrected chi connectivity index (χ2v) is 7.16. The number of carbonyl (C=O) groups is 1. The van der Waals surface area contributed by atoms with E-state index < -0.39 is 5.91 Å². The van der Waals surface area contributed by atoms with Crippen molar-refractivity contribution in [3.05, 3.63) is 59.9 Å². The number of ether oxygens (including phenoxy) is 2. The van der Waals surface area contributed by atoms with Crippen LogP contribution >= 0.6 is 0 Å². The Morgan fingerprint density at radius 2 is 1.93 bits per heavy atom. The molecule has 4 rings (SSSR count). The van der Waals surface area contributed by atoms with Crippen LogP contribution in [-0.2, 0) is 4.74 Å². The molecule has 1 aliphatic heterocycles. The predicted octanol–water partition coefficient (Wildman–Crippen LogP) is 3.76. The number of hydrogen-bond donors (Lipinski definition) is 2. The molecule has 0 bridgehead atoms. The highest BCUT2D eigenvalue weighted by Crippen LogP contribution is 2.33. The molecule has 2 N–H and O–H groups in total. The number of carbonyl (C=O) groups excluding carboxylic acids is 1. The number of aromatic hydroxyl groups is 1. The van der Waals surface area contributed by atoms with E-state index in [4.69, 9.17) is 9.47 Å². The molecule has 0 saturated carbocycles. The molecule has 1 saturated heterocycles. The van der Waals surface area contributed by atoms with E-state index >= 15 is 0 Å². The largest absolute Gasteiger partial charge is 0.505 e. The van der Waals surface area contributed by atoms with Crippen LogP contribution in [0.1, 0.15) is 29.0 Å². The summed E-state index contributed by atoms with van der Waals surface area (Å²) in [6.45, 7) is 1.85. The van der Waals surface area contributed by atoms with Crippen molar-refractivity contribution in [3.8, 4) is 23.3 Å². The van der Waals surface area contributed by atoms with Crippen LogP contribution in [0.2, 0.25) is 0 Å². The number of aromatic nitrogens is 1. The molecule has 0 aliphatic carbocycles. The molecule has 0 atom stereocenters. The highest BCUT2D eigenvalue weighted by atomic mass is 16.5. The average molecular weight is 403 g/mol. The van der Waals surface area contributed by atoms with Gasteiger partial charge in [-0.2, -0.15) is 5.26 Å². The maximum absolute atomic E-state index is 12.6. The molecule has 7 nitrogen and oxygen atoms in total. The first-order valence-corrected chi connectivity index (χ1v) is 9.81. The molecule has 0 spiro atoms. The number of nitrogens with zero attached hydrogens (tertiary/aromatic N) is 2. The van der Waals surface area contributed by atoms with E-state index in [0.29, 0.717) is 47.9 Å². The van der Waals surface area contributed by atoms with Gasteiger partial charge in [0.15, 0.2) is 11.4 Å². The molecular weight excluding hydrogens is 382 g/mol. The zero-order valence-corrected chi connectivity index (χ0v) is 16.3. The first kappa shape index (κ1) is 19.7. The van der Waals surface area contributed by atoms with Crippen LogP contribution in [0, 0.1) is 17.2 Å². The summed E-state index contributed by atoms with van der Waals surface area (Å²) in [5.41, 5.74) is -0.0969. The first-order chi connectivity index (χ1) is 14.7. The van der Waals surface area contributed by atoms with E-state index in [2.05, 4.69) is 10.3 Å². The number of nitriles is 1. The number of hydrogen-bond acceptors (Lipinski definition) is 6. The molecule has 1 aliphatic rings. The van der Waals surface area contributed by atoms with Crippen molar-refractivity contribution in [1.82, 2.24) is 10.3 Å². The fourth-order valence-electron chi connectivity index (χ4n) is 3.48. The van der Waals surface area contributed by atoms with E-state index in [0.717, 1.165) is 12.8 Å². The zero-order chi connectivity index (χ0) is 20.9. The Morgan fingerprint density at radius 3 is 2.67 bits per heavy atom. The van der Waals surface area contributed by atoms with E-state index in [1.165, 1.54) is 0 Å². The van der Waals surface area contributed by atoms with Gasteiger partial charge >= 0.3 is 0 Å². The Kier molecular flexibility index (Phi) is 5.77. The first-order valence-electron chi connectivity index (χ1n) is 9.81. The Bertz CT molecular complexity index is 1100. The van der Waals surface area contributed by atoms with Gasteiger partial charge in [-0.3, -0.25) is 4.79 Å². The molecule has 0 radical (unpaired) electrons. The minimum atomic E-state index is -0.498. The maximum Gasteiger partial charge on any atom is 0.273 e. The molecular formula is C23H21N3O4. The van der Waals surface area contributed by atoms with Gasteiger partial charge < -0.3 is 19.9 Å². The van der Waals surface area contributed by atoms with Gasteiger partial charge in [0.25, 0.3) is 5.91 Å². The fraction of sp³-hybridized carbons (Fsp3) is 0.261. The minimum absolute atomic E-state index is 0.0533. The molecule has 2 heterocycles. The normalized spacial score (nSPS) is 14.2. The smallest absolute Gasteiger partial charge is 0.273 e. The number of para-hydroxylation sites is 1. The molecule has 30 heavy (non-hydrogen) atoms. The Balaban J connectivity index is 1.60. The number of amides is 1. The third-order valence-electron chi connectivity index (χ3n) is 5.14. The monoisotopic (exact) mass is 403 g/mol. The van der Waals surface area contributed by atoms with Crippen LogP contribution in [0.4, 0.5) is 0 Å². The van der Waals surface area contributed by atoms with E-state index in [9.17, 15) is 15.2 Å². The predicted molar refractivity (Wildman–Crippen MR) is 111 cm³/mol.